The third-order valence-electron chi connectivity index (χ3n) is 3.94. The first kappa shape index (κ1) is 13.8. The summed E-state index contributed by atoms with van der Waals surface area (Å²) >= 11 is 0. The number of hydrogen-bond donors (Lipinski definition) is 1. The molecule has 1 saturated heterocycles. The average Bonchev–Trinajstić information content (AvgIpc) is 2.78. The molecule has 1 unspecified atom stereocenters. The lowest BCUT2D eigenvalue weighted by Crippen LogP contribution is -2.52. The van der Waals surface area contributed by atoms with Gasteiger partial charge in [-0.25, -0.2) is 0 Å². The predicted molar refractivity (Wildman–Crippen MR) is 73.2 cm³/mol. The highest BCUT2D eigenvalue weighted by atomic mass is 16.5. The number of rotatable bonds is 3. The molecule has 110 valence electrons. The molecule has 0 spiro atoms. The molecule has 0 bridgehead atoms. The zero-order valence-electron chi connectivity index (χ0n) is 11.7. The van der Waals surface area contributed by atoms with Gasteiger partial charge in [-0.3, -0.25) is 19.7 Å². The van der Waals surface area contributed by atoms with Crippen molar-refractivity contribution in [3.05, 3.63) is 34.9 Å². The molecule has 0 radical (unpaired) electrons. The van der Waals surface area contributed by atoms with Gasteiger partial charge in [0.2, 0.25) is 11.8 Å². The number of carbonyl (C=O) groups is 3. The van der Waals surface area contributed by atoms with Crippen LogP contribution in [-0.4, -0.2) is 35.8 Å². The van der Waals surface area contributed by atoms with Crippen molar-refractivity contribution in [2.24, 2.45) is 0 Å². The summed E-state index contributed by atoms with van der Waals surface area (Å²) in [6, 6.07) is 5.05. The fourth-order valence-corrected chi connectivity index (χ4v) is 2.97. The van der Waals surface area contributed by atoms with Gasteiger partial charge in [0.15, 0.2) is 0 Å². The van der Waals surface area contributed by atoms with Gasteiger partial charge in [-0.05, 0) is 17.5 Å². The van der Waals surface area contributed by atoms with Crippen molar-refractivity contribution in [1.82, 2.24) is 10.2 Å². The van der Waals surface area contributed by atoms with Crippen molar-refractivity contribution in [3.8, 4) is 0 Å². The number of methoxy groups -OCH3 is 1. The fourth-order valence-electron chi connectivity index (χ4n) is 2.97. The Morgan fingerprint density at radius 2 is 2.14 bits per heavy atom. The summed E-state index contributed by atoms with van der Waals surface area (Å²) < 4.78 is 5.12. The third-order valence-corrected chi connectivity index (χ3v) is 3.94. The number of fused-ring (bicyclic) bond motifs is 1. The van der Waals surface area contributed by atoms with Gasteiger partial charge in [0, 0.05) is 20.1 Å². The van der Waals surface area contributed by atoms with Gasteiger partial charge in [-0.1, -0.05) is 18.2 Å². The minimum absolute atomic E-state index is 0.160. The molecule has 6 nitrogen and oxygen atoms in total. The first-order valence-corrected chi connectivity index (χ1v) is 6.86. The third kappa shape index (κ3) is 2.31. The number of amides is 3. The molecule has 6 heteroatoms. The number of nitrogens with zero attached hydrogens (tertiary/aromatic N) is 1. The van der Waals surface area contributed by atoms with Gasteiger partial charge >= 0.3 is 0 Å². The number of nitrogens with one attached hydrogen (secondary N) is 1. The number of piperidine rings is 1. The second-order valence-corrected chi connectivity index (χ2v) is 5.28. The maximum atomic E-state index is 12.6. The lowest BCUT2D eigenvalue weighted by Gasteiger charge is -2.29. The first-order chi connectivity index (χ1) is 10.1. The van der Waals surface area contributed by atoms with Crippen molar-refractivity contribution in [3.63, 3.8) is 0 Å². The molecular formula is C15H16N2O4. The second-order valence-electron chi connectivity index (χ2n) is 5.28. The number of ether oxygens (including phenoxy) is 1. The van der Waals surface area contributed by atoms with Crippen molar-refractivity contribution < 1.29 is 19.1 Å². The van der Waals surface area contributed by atoms with Crippen LogP contribution >= 0.6 is 0 Å². The molecule has 2 aliphatic heterocycles. The number of benzene rings is 1. The Morgan fingerprint density at radius 1 is 1.33 bits per heavy atom. The average molecular weight is 288 g/mol. The summed E-state index contributed by atoms with van der Waals surface area (Å²) in [5, 5.41) is 2.30. The molecule has 1 fully saturated rings. The molecule has 1 atom stereocenters. The molecule has 1 N–H and O–H groups in total. The van der Waals surface area contributed by atoms with Crippen LogP contribution in [0.2, 0.25) is 0 Å². The Balaban J connectivity index is 1.88. The van der Waals surface area contributed by atoms with E-state index in [1.54, 1.807) is 12.0 Å². The van der Waals surface area contributed by atoms with Gasteiger partial charge in [-0.15, -0.1) is 0 Å². The topological polar surface area (TPSA) is 75.7 Å². The van der Waals surface area contributed by atoms with Crippen molar-refractivity contribution in [2.45, 2.75) is 32.0 Å². The van der Waals surface area contributed by atoms with E-state index in [-0.39, 0.29) is 24.1 Å². The molecule has 2 aliphatic rings. The normalized spacial score (nSPS) is 21.5. The summed E-state index contributed by atoms with van der Waals surface area (Å²) in [6.45, 7) is 0.760. The molecule has 3 rings (SSSR count). The lowest BCUT2D eigenvalue weighted by molar-refractivity contribution is -0.136. The molecule has 2 heterocycles. The van der Waals surface area contributed by atoms with Crippen LogP contribution in [0.25, 0.3) is 0 Å². The van der Waals surface area contributed by atoms with E-state index >= 15 is 0 Å². The highest BCUT2D eigenvalue weighted by Gasteiger charge is 2.39. The van der Waals surface area contributed by atoms with Crippen molar-refractivity contribution in [2.75, 3.05) is 7.11 Å². The van der Waals surface area contributed by atoms with Crippen LogP contribution in [0.3, 0.4) is 0 Å². The maximum Gasteiger partial charge on any atom is 0.255 e. The minimum atomic E-state index is -0.571. The second kappa shape index (κ2) is 5.29. The van der Waals surface area contributed by atoms with Gasteiger partial charge in [-0.2, -0.15) is 0 Å². The van der Waals surface area contributed by atoms with Gasteiger partial charge in [0.05, 0.1) is 12.2 Å². The van der Waals surface area contributed by atoms with Crippen LogP contribution in [0.1, 0.15) is 34.3 Å². The van der Waals surface area contributed by atoms with E-state index in [0.717, 1.165) is 11.1 Å². The number of hydrogen-bond acceptors (Lipinski definition) is 4. The summed E-state index contributed by atoms with van der Waals surface area (Å²) in [5.74, 6) is -0.826. The SMILES string of the molecule is COCc1cccc2c1C(=O)N(C1CCC(=O)NC1=O)C2. The number of carbonyl (C=O) groups excluding carboxylic acids is 3. The summed E-state index contributed by atoms with van der Waals surface area (Å²) in [4.78, 5) is 37.3. The molecule has 0 aromatic heterocycles. The Hall–Kier alpha value is -2.21. The zero-order valence-corrected chi connectivity index (χ0v) is 11.7. The van der Waals surface area contributed by atoms with E-state index < -0.39 is 6.04 Å². The van der Waals surface area contributed by atoms with Crippen LogP contribution in [0.15, 0.2) is 18.2 Å². The van der Waals surface area contributed by atoms with Crippen LogP contribution in [0.5, 0.6) is 0 Å². The summed E-state index contributed by atoms with van der Waals surface area (Å²) in [5.41, 5.74) is 2.36. The smallest absolute Gasteiger partial charge is 0.255 e. The standard InChI is InChI=1S/C15H16N2O4/c1-21-8-10-4-2-3-9-7-17(15(20)13(9)10)11-5-6-12(18)16-14(11)19/h2-4,11H,5-8H2,1H3,(H,16,18,19). The van der Waals surface area contributed by atoms with Crippen molar-refractivity contribution >= 4 is 17.7 Å². The van der Waals surface area contributed by atoms with Crippen LogP contribution in [0, 0.1) is 0 Å². The fraction of sp³-hybridized carbons (Fsp3) is 0.400. The Morgan fingerprint density at radius 3 is 2.86 bits per heavy atom. The minimum Gasteiger partial charge on any atom is -0.380 e. The highest BCUT2D eigenvalue weighted by molar-refractivity contribution is 6.05. The molecule has 0 aliphatic carbocycles. The quantitative estimate of drug-likeness (QED) is 0.826. The van der Waals surface area contributed by atoms with Gasteiger partial charge in [0.1, 0.15) is 6.04 Å². The lowest BCUT2D eigenvalue weighted by atomic mass is 10.0. The first-order valence-electron chi connectivity index (χ1n) is 6.86. The summed E-state index contributed by atoms with van der Waals surface area (Å²) in [7, 11) is 1.58. The maximum absolute atomic E-state index is 12.6. The van der Waals surface area contributed by atoms with Gasteiger partial charge < -0.3 is 9.64 Å². The van der Waals surface area contributed by atoms with E-state index in [2.05, 4.69) is 5.32 Å². The van der Waals surface area contributed by atoms with Crippen molar-refractivity contribution in [1.29, 1.82) is 0 Å². The molecule has 3 amide bonds. The summed E-state index contributed by atoms with van der Waals surface area (Å²) in [6.07, 6.45) is 0.644. The van der Waals surface area contributed by atoms with E-state index in [4.69, 9.17) is 4.74 Å². The monoisotopic (exact) mass is 288 g/mol. The Bertz CT molecular complexity index is 626. The number of imide groups is 1. The molecule has 21 heavy (non-hydrogen) atoms. The van der Waals surface area contributed by atoms with Crippen LogP contribution in [0.4, 0.5) is 0 Å². The molecule has 1 aromatic rings. The van der Waals surface area contributed by atoms with E-state index in [0.29, 0.717) is 25.1 Å². The highest BCUT2D eigenvalue weighted by Crippen LogP contribution is 2.29. The zero-order chi connectivity index (χ0) is 15.0. The molecule has 0 saturated carbocycles. The van der Waals surface area contributed by atoms with Gasteiger partial charge in [0.25, 0.3) is 5.91 Å². The Labute approximate surface area is 122 Å². The largest absolute Gasteiger partial charge is 0.380 e. The molecular weight excluding hydrogens is 272 g/mol. The predicted octanol–water partition coefficient (Wildman–Crippen LogP) is 0.594. The van der Waals surface area contributed by atoms with E-state index in [9.17, 15) is 14.4 Å². The molecule has 1 aromatic carbocycles. The van der Waals surface area contributed by atoms with Crippen LogP contribution in [-0.2, 0) is 27.5 Å². The van der Waals surface area contributed by atoms with E-state index in [1.807, 2.05) is 18.2 Å². The van der Waals surface area contributed by atoms with E-state index in [1.165, 1.54) is 0 Å². The Kier molecular flexibility index (Phi) is 3.47. The van der Waals surface area contributed by atoms with Crippen LogP contribution < -0.4 is 5.32 Å².